The summed E-state index contributed by atoms with van der Waals surface area (Å²) in [5.41, 5.74) is 6.91. The van der Waals surface area contributed by atoms with E-state index in [1.54, 1.807) is 19.1 Å². The van der Waals surface area contributed by atoms with Crippen LogP contribution in [0, 0.1) is 0 Å². The zero-order chi connectivity index (χ0) is 20.8. The summed E-state index contributed by atoms with van der Waals surface area (Å²) in [6, 6.07) is 6.60. The number of unbranched alkanes of at least 4 members (excludes halogenated alkanes) is 1. The third-order valence-corrected chi connectivity index (χ3v) is 4.05. The van der Waals surface area contributed by atoms with Gasteiger partial charge < -0.3 is 26.4 Å². The van der Waals surface area contributed by atoms with Crippen LogP contribution < -0.4 is 21.7 Å². The van der Waals surface area contributed by atoms with Gasteiger partial charge in [0, 0.05) is 30.9 Å². The molecule has 1 rings (SSSR count). The lowest BCUT2D eigenvalue weighted by atomic mass is 10.1. The maximum Gasteiger partial charge on any atom is 0.251 e. The molecule has 28 heavy (non-hydrogen) atoms. The fourth-order valence-corrected chi connectivity index (χ4v) is 2.50. The molecule has 0 spiro atoms. The van der Waals surface area contributed by atoms with Crippen LogP contribution in [-0.4, -0.2) is 50.1 Å². The van der Waals surface area contributed by atoms with E-state index in [1.165, 1.54) is 0 Å². The van der Waals surface area contributed by atoms with Gasteiger partial charge in [-0.3, -0.25) is 14.4 Å². The normalized spacial score (nSPS) is 11.5. The second-order valence-electron chi connectivity index (χ2n) is 6.42. The first kappa shape index (κ1) is 23.4. The molecule has 0 unspecified atom stereocenters. The molecule has 8 nitrogen and oxygen atoms in total. The minimum Gasteiger partial charge on any atom is -0.385 e. The first-order valence-corrected chi connectivity index (χ1v) is 9.76. The van der Waals surface area contributed by atoms with Crippen LogP contribution in [0.15, 0.2) is 24.3 Å². The number of carbonyl (C=O) groups is 3. The molecule has 0 aliphatic heterocycles. The van der Waals surface area contributed by atoms with Crippen molar-refractivity contribution in [3.63, 3.8) is 0 Å². The van der Waals surface area contributed by atoms with Crippen molar-refractivity contribution in [1.82, 2.24) is 10.6 Å². The fraction of sp³-hybridized carbons (Fsp3) is 0.550. The Morgan fingerprint density at radius 1 is 1.07 bits per heavy atom. The molecule has 0 radical (unpaired) electrons. The molecule has 1 aromatic carbocycles. The van der Waals surface area contributed by atoms with Gasteiger partial charge >= 0.3 is 0 Å². The molecule has 0 aliphatic rings. The monoisotopic (exact) mass is 392 g/mol. The molecule has 1 aromatic rings. The Labute approximate surface area is 166 Å². The summed E-state index contributed by atoms with van der Waals surface area (Å²) >= 11 is 0. The van der Waals surface area contributed by atoms with Gasteiger partial charge in [-0.1, -0.05) is 6.92 Å². The maximum absolute atomic E-state index is 12.1. The van der Waals surface area contributed by atoms with Gasteiger partial charge in [0.05, 0.1) is 0 Å². The summed E-state index contributed by atoms with van der Waals surface area (Å²) in [6.45, 7) is 5.58. The predicted molar refractivity (Wildman–Crippen MR) is 109 cm³/mol. The number of ether oxygens (including phenoxy) is 1. The van der Waals surface area contributed by atoms with Crippen molar-refractivity contribution in [1.29, 1.82) is 0 Å². The van der Waals surface area contributed by atoms with Crippen molar-refractivity contribution in [3.05, 3.63) is 29.8 Å². The Morgan fingerprint density at radius 3 is 2.39 bits per heavy atom. The van der Waals surface area contributed by atoms with Gasteiger partial charge in [0.25, 0.3) is 5.91 Å². The standard InChI is InChI=1S/C20H32N4O4/c1-3-12-22-16-10-8-15(9-11-16)20(27)23-13-6-5-7-17(19(21)26)24-18(25)14-28-4-2/h8-11,17,22H,3-7,12-14H2,1-2H3,(H2,21,26)(H,23,27)(H,24,25)/t17-/m0/s1. The number of nitrogens with two attached hydrogens (primary N) is 1. The van der Waals surface area contributed by atoms with Crippen molar-refractivity contribution in [3.8, 4) is 0 Å². The van der Waals surface area contributed by atoms with E-state index in [-0.39, 0.29) is 18.4 Å². The van der Waals surface area contributed by atoms with E-state index in [2.05, 4.69) is 22.9 Å². The largest absolute Gasteiger partial charge is 0.385 e. The second-order valence-corrected chi connectivity index (χ2v) is 6.42. The number of carbonyl (C=O) groups excluding carboxylic acids is 3. The topological polar surface area (TPSA) is 123 Å². The van der Waals surface area contributed by atoms with Gasteiger partial charge in [-0.25, -0.2) is 0 Å². The van der Waals surface area contributed by atoms with Gasteiger partial charge in [-0.15, -0.1) is 0 Å². The van der Waals surface area contributed by atoms with Gasteiger partial charge in [-0.2, -0.15) is 0 Å². The minimum atomic E-state index is -0.730. The van der Waals surface area contributed by atoms with E-state index in [9.17, 15) is 14.4 Å². The summed E-state index contributed by atoms with van der Waals surface area (Å²) < 4.78 is 5.00. The molecule has 8 heteroatoms. The SMILES string of the molecule is CCCNc1ccc(C(=O)NCCCC[C@H](NC(=O)COCC)C(N)=O)cc1. The summed E-state index contributed by atoms with van der Waals surface area (Å²) in [5.74, 6) is -1.08. The van der Waals surface area contributed by atoms with Gasteiger partial charge in [-0.05, 0) is 56.9 Å². The summed E-state index contributed by atoms with van der Waals surface area (Å²) in [7, 11) is 0. The summed E-state index contributed by atoms with van der Waals surface area (Å²) in [4.78, 5) is 35.2. The lowest BCUT2D eigenvalue weighted by Gasteiger charge is -2.15. The lowest BCUT2D eigenvalue weighted by molar-refractivity contribution is -0.130. The second kappa shape index (κ2) is 13.5. The molecular weight excluding hydrogens is 360 g/mol. The van der Waals surface area contributed by atoms with Crippen LogP contribution in [0.3, 0.4) is 0 Å². The van der Waals surface area contributed by atoms with Gasteiger partial charge in [0.1, 0.15) is 12.6 Å². The first-order chi connectivity index (χ1) is 13.5. The highest BCUT2D eigenvalue weighted by Crippen LogP contribution is 2.09. The van der Waals surface area contributed by atoms with Crippen LogP contribution in [0.5, 0.6) is 0 Å². The molecule has 0 aromatic heterocycles. The summed E-state index contributed by atoms with van der Waals surface area (Å²) in [5, 5.41) is 8.67. The predicted octanol–water partition coefficient (Wildman–Crippen LogP) is 1.42. The van der Waals surface area contributed by atoms with Crippen LogP contribution >= 0.6 is 0 Å². The first-order valence-electron chi connectivity index (χ1n) is 9.76. The Balaban J connectivity index is 2.29. The van der Waals surface area contributed by atoms with Crippen LogP contribution in [0.4, 0.5) is 5.69 Å². The zero-order valence-corrected chi connectivity index (χ0v) is 16.8. The van der Waals surface area contributed by atoms with Crippen molar-refractivity contribution in [2.24, 2.45) is 5.73 Å². The molecule has 5 N–H and O–H groups in total. The number of anilines is 1. The van der Waals surface area contributed by atoms with Crippen LogP contribution in [-0.2, 0) is 14.3 Å². The van der Waals surface area contributed by atoms with E-state index in [0.717, 1.165) is 18.7 Å². The Kier molecular flexibility index (Phi) is 11.3. The average molecular weight is 393 g/mol. The maximum atomic E-state index is 12.1. The molecule has 156 valence electrons. The highest BCUT2D eigenvalue weighted by molar-refractivity contribution is 5.94. The summed E-state index contributed by atoms with van der Waals surface area (Å²) in [6.07, 6.45) is 2.77. The Bertz CT molecular complexity index is 619. The van der Waals surface area contributed by atoms with Crippen molar-refractivity contribution < 1.29 is 19.1 Å². The molecule has 0 bridgehead atoms. The quantitative estimate of drug-likeness (QED) is 0.357. The van der Waals surface area contributed by atoms with E-state index in [0.29, 0.717) is 38.0 Å². The van der Waals surface area contributed by atoms with Crippen LogP contribution in [0.2, 0.25) is 0 Å². The number of hydrogen-bond acceptors (Lipinski definition) is 5. The van der Waals surface area contributed by atoms with Gasteiger partial charge in [0.2, 0.25) is 11.8 Å². The molecule has 0 fully saturated rings. The smallest absolute Gasteiger partial charge is 0.251 e. The zero-order valence-electron chi connectivity index (χ0n) is 16.8. The molecule has 0 aliphatic carbocycles. The van der Waals surface area contributed by atoms with Gasteiger partial charge in [0.15, 0.2) is 0 Å². The molecule has 3 amide bonds. The third kappa shape index (κ3) is 9.36. The lowest BCUT2D eigenvalue weighted by Crippen LogP contribution is -2.45. The minimum absolute atomic E-state index is 0.0942. The van der Waals surface area contributed by atoms with Crippen LogP contribution in [0.1, 0.15) is 49.9 Å². The molecule has 0 heterocycles. The van der Waals surface area contributed by atoms with E-state index < -0.39 is 11.9 Å². The molecule has 1 atom stereocenters. The number of nitrogens with one attached hydrogen (secondary N) is 3. The number of benzene rings is 1. The van der Waals surface area contributed by atoms with E-state index in [1.807, 2.05) is 12.1 Å². The molecule has 0 saturated heterocycles. The average Bonchev–Trinajstić information content (AvgIpc) is 2.69. The highest BCUT2D eigenvalue weighted by atomic mass is 16.5. The molecular formula is C20H32N4O4. The van der Waals surface area contributed by atoms with E-state index >= 15 is 0 Å². The molecule has 0 saturated carbocycles. The van der Waals surface area contributed by atoms with Crippen molar-refractivity contribution in [2.45, 2.75) is 45.6 Å². The number of amides is 3. The number of primary amides is 1. The Hall–Kier alpha value is -2.61. The third-order valence-electron chi connectivity index (χ3n) is 4.05. The van der Waals surface area contributed by atoms with E-state index in [4.69, 9.17) is 10.5 Å². The van der Waals surface area contributed by atoms with Crippen molar-refractivity contribution in [2.75, 3.05) is 31.6 Å². The highest BCUT2D eigenvalue weighted by Gasteiger charge is 2.17. The van der Waals surface area contributed by atoms with Crippen LogP contribution in [0.25, 0.3) is 0 Å². The Morgan fingerprint density at radius 2 is 1.79 bits per heavy atom. The number of rotatable bonds is 14. The number of hydrogen-bond donors (Lipinski definition) is 4. The van der Waals surface area contributed by atoms with Crippen molar-refractivity contribution >= 4 is 23.4 Å². The fourth-order valence-electron chi connectivity index (χ4n) is 2.50.